The minimum absolute atomic E-state index is 0.203. The fraction of sp³-hybridized carbons (Fsp3) is 0.233. The van der Waals surface area contributed by atoms with Crippen LogP contribution in [0.25, 0.3) is 28.0 Å². The van der Waals surface area contributed by atoms with Crippen molar-refractivity contribution in [3.63, 3.8) is 0 Å². The van der Waals surface area contributed by atoms with E-state index in [0.29, 0.717) is 45.0 Å². The summed E-state index contributed by atoms with van der Waals surface area (Å²) in [7, 11) is 0. The second-order valence-electron chi connectivity index (χ2n) is 9.98. The van der Waals surface area contributed by atoms with Crippen molar-refractivity contribution in [3.05, 3.63) is 83.4 Å². The summed E-state index contributed by atoms with van der Waals surface area (Å²) in [6.45, 7) is 4.77. The summed E-state index contributed by atoms with van der Waals surface area (Å²) in [5.41, 5.74) is 11.0. The Bertz CT molecular complexity index is 1670. The van der Waals surface area contributed by atoms with E-state index in [1.165, 1.54) is 5.56 Å². The number of benzene rings is 3. The predicted octanol–water partition coefficient (Wildman–Crippen LogP) is 4.81. The standard InChI is InChI=1S/C30H28ClN7O2/c31-22-7-9-23(10-8-22)38-28(32)26-27(21-6-11-24-25(18-21)40-19-39-24)33-30(34-29(26)35-38)37-16-14-36(15-17-37)13-12-20-4-2-1-3-5-20/h1-11,18H,12-17,19,32H2. The van der Waals surface area contributed by atoms with E-state index in [4.69, 9.17) is 41.9 Å². The molecule has 1 saturated heterocycles. The third-order valence-electron chi connectivity index (χ3n) is 7.49. The van der Waals surface area contributed by atoms with Crippen LogP contribution in [0.15, 0.2) is 72.8 Å². The van der Waals surface area contributed by atoms with Crippen LogP contribution in [-0.4, -0.2) is 64.2 Å². The van der Waals surface area contributed by atoms with Crippen molar-refractivity contribution in [1.82, 2.24) is 24.6 Å². The van der Waals surface area contributed by atoms with Crippen molar-refractivity contribution in [3.8, 4) is 28.4 Å². The summed E-state index contributed by atoms with van der Waals surface area (Å²) in [6.07, 6.45) is 1.04. The number of rotatable bonds is 6. The molecule has 0 bridgehead atoms. The lowest BCUT2D eigenvalue weighted by Crippen LogP contribution is -2.47. The van der Waals surface area contributed by atoms with E-state index in [0.717, 1.165) is 50.4 Å². The molecule has 0 spiro atoms. The minimum atomic E-state index is 0.203. The molecule has 1 fully saturated rings. The van der Waals surface area contributed by atoms with E-state index in [9.17, 15) is 0 Å². The van der Waals surface area contributed by atoms with Crippen LogP contribution in [0, 0.1) is 0 Å². The molecule has 0 atom stereocenters. The van der Waals surface area contributed by atoms with Gasteiger partial charge in [-0.2, -0.15) is 4.98 Å². The first-order chi connectivity index (χ1) is 19.6. The Morgan fingerprint density at radius 2 is 1.62 bits per heavy atom. The number of nitrogens with zero attached hydrogens (tertiary/aromatic N) is 6. The van der Waals surface area contributed by atoms with Gasteiger partial charge in [0.25, 0.3) is 0 Å². The first-order valence-corrected chi connectivity index (χ1v) is 13.7. The fourth-order valence-corrected chi connectivity index (χ4v) is 5.40. The van der Waals surface area contributed by atoms with Gasteiger partial charge in [-0.05, 0) is 54.4 Å². The Kier molecular flexibility index (Phi) is 6.37. The number of nitrogen functional groups attached to an aromatic ring is 1. The zero-order chi connectivity index (χ0) is 27.1. The van der Waals surface area contributed by atoms with Gasteiger partial charge in [0.2, 0.25) is 12.7 Å². The summed E-state index contributed by atoms with van der Waals surface area (Å²) < 4.78 is 12.9. The first-order valence-electron chi connectivity index (χ1n) is 13.4. The molecular weight excluding hydrogens is 526 g/mol. The number of anilines is 2. The van der Waals surface area contributed by atoms with E-state index in [-0.39, 0.29) is 6.79 Å². The van der Waals surface area contributed by atoms with Crippen LogP contribution in [0.4, 0.5) is 11.8 Å². The summed E-state index contributed by atoms with van der Waals surface area (Å²) in [5.74, 6) is 2.50. The molecule has 7 rings (SSSR count). The number of fused-ring (bicyclic) bond motifs is 2. The Morgan fingerprint density at radius 1 is 0.850 bits per heavy atom. The molecule has 2 aliphatic heterocycles. The van der Waals surface area contributed by atoms with E-state index >= 15 is 0 Å². The van der Waals surface area contributed by atoms with Crippen LogP contribution in [0.5, 0.6) is 11.5 Å². The molecule has 10 heteroatoms. The maximum atomic E-state index is 6.70. The number of nitrogens with two attached hydrogens (primary N) is 1. The zero-order valence-corrected chi connectivity index (χ0v) is 22.6. The molecule has 5 aromatic rings. The molecule has 3 aromatic carbocycles. The van der Waals surface area contributed by atoms with E-state index in [1.54, 1.807) is 4.68 Å². The molecule has 0 amide bonds. The van der Waals surface area contributed by atoms with Gasteiger partial charge >= 0.3 is 0 Å². The van der Waals surface area contributed by atoms with Crippen LogP contribution in [0.1, 0.15) is 5.56 Å². The average Bonchev–Trinajstić information content (AvgIpc) is 3.61. The van der Waals surface area contributed by atoms with Crippen molar-refractivity contribution in [1.29, 1.82) is 0 Å². The molecule has 0 aliphatic carbocycles. The molecule has 202 valence electrons. The van der Waals surface area contributed by atoms with Crippen molar-refractivity contribution in [2.75, 3.05) is 50.2 Å². The highest BCUT2D eigenvalue weighted by molar-refractivity contribution is 6.30. The van der Waals surface area contributed by atoms with Crippen molar-refractivity contribution < 1.29 is 9.47 Å². The molecule has 40 heavy (non-hydrogen) atoms. The lowest BCUT2D eigenvalue weighted by atomic mass is 10.1. The van der Waals surface area contributed by atoms with Crippen LogP contribution in [-0.2, 0) is 6.42 Å². The van der Waals surface area contributed by atoms with Crippen molar-refractivity contribution in [2.45, 2.75) is 6.42 Å². The molecule has 2 N–H and O–H groups in total. The van der Waals surface area contributed by atoms with Crippen molar-refractivity contribution in [2.24, 2.45) is 0 Å². The third-order valence-corrected chi connectivity index (χ3v) is 7.74. The van der Waals surface area contributed by atoms with Gasteiger partial charge < -0.3 is 20.1 Å². The average molecular weight is 554 g/mol. The number of ether oxygens (including phenoxy) is 2. The van der Waals surface area contributed by atoms with Crippen LogP contribution in [0.2, 0.25) is 5.02 Å². The van der Waals surface area contributed by atoms with Gasteiger partial charge in [0.1, 0.15) is 5.82 Å². The highest BCUT2D eigenvalue weighted by atomic mass is 35.5. The number of piperazine rings is 1. The molecule has 0 radical (unpaired) electrons. The summed E-state index contributed by atoms with van der Waals surface area (Å²) >= 11 is 6.12. The topological polar surface area (TPSA) is 94.6 Å². The molecule has 2 aliphatic rings. The lowest BCUT2D eigenvalue weighted by molar-refractivity contribution is 0.174. The quantitative estimate of drug-likeness (QED) is 0.320. The van der Waals surface area contributed by atoms with E-state index < -0.39 is 0 Å². The second-order valence-corrected chi connectivity index (χ2v) is 10.4. The number of hydrogen-bond acceptors (Lipinski definition) is 8. The van der Waals surface area contributed by atoms with Gasteiger partial charge in [-0.15, -0.1) is 5.10 Å². The van der Waals surface area contributed by atoms with Gasteiger partial charge in [-0.3, -0.25) is 4.90 Å². The SMILES string of the molecule is Nc1c2c(-c3ccc4c(c3)OCO4)nc(N3CCN(CCc4ccccc4)CC3)nc2nn1-c1ccc(Cl)cc1. The van der Waals surface area contributed by atoms with E-state index in [2.05, 4.69) is 40.1 Å². The summed E-state index contributed by atoms with van der Waals surface area (Å²) in [6, 6.07) is 23.8. The maximum absolute atomic E-state index is 6.70. The number of hydrogen-bond donors (Lipinski definition) is 1. The summed E-state index contributed by atoms with van der Waals surface area (Å²) in [5, 5.41) is 6.15. The Balaban J connectivity index is 1.22. The van der Waals surface area contributed by atoms with Gasteiger partial charge in [0.05, 0.1) is 16.8 Å². The van der Waals surface area contributed by atoms with Crippen molar-refractivity contribution >= 4 is 34.4 Å². The van der Waals surface area contributed by atoms with Gasteiger partial charge in [0, 0.05) is 43.3 Å². The van der Waals surface area contributed by atoms with Crippen LogP contribution < -0.4 is 20.1 Å². The molecule has 9 nitrogen and oxygen atoms in total. The minimum Gasteiger partial charge on any atom is -0.454 e. The highest BCUT2D eigenvalue weighted by Gasteiger charge is 2.25. The highest BCUT2D eigenvalue weighted by Crippen LogP contribution is 2.39. The normalized spacial score (nSPS) is 15.2. The summed E-state index contributed by atoms with van der Waals surface area (Å²) in [4.78, 5) is 14.7. The van der Waals surface area contributed by atoms with E-state index in [1.807, 2.05) is 42.5 Å². The predicted molar refractivity (Wildman–Crippen MR) is 156 cm³/mol. The Hall–Kier alpha value is -4.34. The van der Waals surface area contributed by atoms with Crippen LogP contribution in [0.3, 0.4) is 0 Å². The zero-order valence-electron chi connectivity index (χ0n) is 21.8. The smallest absolute Gasteiger partial charge is 0.231 e. The number of halogens is 1. The number of aromatic nitrogens is 4. The first kappa shape index (κ1) is 24.7. The monoisotopic (exact) mass is 553 g/mol. The fourth-order valence-electron chi connectivity index (χ4n) is 5.28. The molecule has 0 unspecified atom stereocenters. The molecule has 2 aromatic heterocycles. The lowest BCUT2D eigenvalue weighted by Gasteiger charge is -2.34. The maximum Gasteiger partial charge on any atom is 0.231 e. The van der Waals surface area contributed by atoms with Gasteiger partial charge in [0.15, 0.2) is 17.1 Å². The van der Waals surface area contributed by atoms with Gasteiger partial charge in [-0.1, -0.05) is 41.9 Å². The molecular formula is C30H28ClN7O2. The third kappa shape index (κ3) is 4.67. The molecule has 0 saturated carbocycles. The largest absolute Gasteiger partial charge is 0.454 e. The molecule has 4 heterocycles. The van der Waals surface area contributed by atoms with Gasteiger partial charge in [-0.25, -0.2) is 9.67 Å². The van der Waals surface area contributed by atoms with Crippen LogP contribution >= 0.6 is 11.6 Å². The Labute approximate surface area is 236 Å². The second kappa shape index (κ2) is 10.3. The Morgan fingerprint density at radius 3 is 2.42 bits per heavy atom.